The van der Waals surface area contributed by atoms with Gasteiger partial charge >= 0.3 is 0 Å². The van der Waals surface area contributed by atoms with Crippen molar-refractivity contribution < 1.29 is 24.2 Å². The van der Waals surface area contributed by atoms with Crippen LogP contribution in [0, 0.1) is 23.7 Å². The van der Waals surface area contributed by atoms with Crippen molar-refractivity contribution in [1.82, 2.24) is 0 Å². The SMILES string of the molecule is COc1ccc(OC)c(NC(=O)C2C3C=CC(C3)C2C(=O)[O-])c1. The molecule has 1 amide bonds. The summed E-state index contributed by atoms with van der Waals surface area (Å²) in [4.78, 5) is 24.1. The van der Waals surface area contributed by atoms with Crippen LogP contribution in [0.2, 0.25) is 0 Å². The number of aliphatic carboxylic acids is 1. The number of methoxy groups -OCH3 is 2. The van der Waals surface area contributed by atoms with Gasteiger partial charge < -0.3 is 24.7 Å². The number of allylic oxidation sites excluding steroid dienone is 2. The molecule has 0 saturated heterocycles. The summed E-state index contributed by atoms with van der Waals surface area (Å²) in [5.74, 6) is -2.00. The summed E-state index contributed by atoms with van der Waals surface area (Å²) >= 11 is 0. The van der Waals surface area contributed by atoms with Crippen LogP contribution < -0.4 is 19.9 Å². The Bertz CT molecular complexity index is 669. The van der Waals surface area contributed by atoms with Gasteiger partial charge in [0.15, 0.2) is 0 Å². The third-order valence-electron chi connectivity index (χ3n) is 4.70. The Balaban J connectivity index is 1.84. The summed E-state index contributed by atoms with van der Waals surface area (Å²) in [6.07, 6.45) is 4.49. The average molecular weight is 316 g/mol. The second-order valence-corrected chi connectivity index (χ2v) is 5.87. The number of hydrogen-bond donors (Lipinski definition) is 1. The number of carbonyl (C=O) groups is 2. The lowest BCUT2D eigenvalue weighted by atomic mass is 9.82. The maximum Gasteiger partial charge on any atom is 0.228 e. The monoisotopic (exact) mass is 316 g/mol. The molecule has 122 valence electrons. The molecule has 23 heavy (non-hydrogen) atoms. The number of anilines is 1. The van der Waals surface area contributed by atoms with E-state index in [4.69, 9.17) is 9.47 Å². The second kappa shape index (κ2) is 5.95. The van der Waals surface area contributed by atoms with Crippen molar-refractivity contribution in [3.8, 4) is 11.5 Å². The van der Waals surface area contributed by atoms with Crippen LogP contribution in [-0.2, 0) is 9.59 Å². The van der Waals surface area contributed by atoms with Crippen molar-refractivity contribution in [2.45, 2.75) is 6.42 Å². The number of hydrogen-bond acceptors (Lipinski definition) is 5. The molecule has 1 aromatic rings. The molecule has 2 bridgehead atoms. The molecule has 6 heteroatoms. The van der Waals surface area contributed by atoms with E-state index in [2.05, 4.69) is 5.32 Å². The van der Waals surface area contributed by atoms with E-state index >= 15 is 0 Å². The van der Waals surface area contributed by atoms with Gasteiger partial charge in [-0.1, -0.05) is 12.2 Å². The number of carbonyl (C=O) groups excluding carboxylic acids is 2. The van der Waals surface area contributed by atoms with Crippen molar-refractivity contribution >= 4 is 17.6 Å². The number of benzene rings is 1. The Morgan fingerprint density at radius 2 is 1.83 bits per heavy atom. The summed E-state index contributed by atoms with van der Waals surface area (Å²) in [5.41, 5.74) is 0.459. The number of ether oxygens (including phenoxy) is 2. The van der Waals surface area contributed by atoms with Gasteiger partial charge in [0.05, 0.1) is 25.8 Å². The zero-order valence-electron chi connectivity index (χ0n) is 12.9. The van der Waals surface area contributed by atoms with Crippen LogP contribution in [0.25, 0.3) is 0 Å². The minimum Gasteiger partial charge on any atom is -0.550 e. The van der Waals surface area contributed by atoms with Crippen molar-refractivity contribution in [2.75, 3.05) is 19.5 Å². The van der Waals surface area contributed by atoms with Crippen LogP contribution >= 0.6 is 0 Å². The minimum absolute atomic E-state index is 0.0560. The zero-order valence-corrected chi connectivity index (χ0v) is 12.9. The van der Waals surface area contributed by atoms with Gasteiger partial charge in [-0.3, -0.25) is 4.79 Å². The van der Waals surface area contributed by atoms with Crippen LogP contribution in [0.15, 0.2) is 30.4 Å². The van der Waals surface area contributed by atoms with Gasteiger partial charge in [0.1, 0.15) is 11.5 Å². The molecule has 0 radical (unpaired) electrons. The predicted molar refractivity (Wildman–Crippen MR) is 80.9 cm³/mol. The average Bonchev–Trinajstić information content (AvgIpc) is 3.15. The van der Waals surface area contributed by atoms with Crippen molar-refractivity contribution in [1.29, 1.82) is 0 Å². The molecule has 1 fully saturated rings. The van der Waals surface area contributed by atoms with E-state index in [1.807, 2.05) is 12.2 Å². The molecule has 0 aliphatic heterocycles. The highest BCUT2D eigenvalue weighted by atomic mass is 16.5. The molecule has 4 unspecified atom stereocenters. The lowest BCUT2D eigenvalue weighted by Crippen LogP contribution is -2.42. The van der Waals surface area contributed by atoms with Crippen LogP contribution in [0.4, 0.5) is 5.69 Å². The van der Waals surface area contributed by atoms with Gasteiger partial charge in [0.2, 0.25) is 5.91 Å². The highest BCUT2D eigenvalue weighted by Crippen LogP contribution is 2.48. The number of rotatable bonds is 5. The maximum absolute atomic E-state index is 12.7. The van der Waals surface area contributed by atoms with Crippen LogP contribution in [-0.4, -0.2) is 26.1 Å². The van der Waals surface area contributed by atoms with Crippen LogP contribution in [0.1, 0.15) is 6.42 Å². The highest BCUT2D eigenvalue weighted by molar-refractivity contribution is 5.97. The maximum atomic E-state index is 12.7. The molecular formula is C17H18NO5-. The molecule has 0 spiro atoms. The van der Waals surface area contributed by atoms with Gasteiger partial charge in [-0.2, -0.15) is 0 Å². The van der Waals surface area contributed by atoms with E-state index in [1.54, 1.807) is 18.2 Å². The Labute approximate surface area is 134 Å². The van der Waals surface area contributed by atoms with E-state index in [0.717, 1.165) is 0 Å². The minimum atomic E-state index is -1.17. The first-order chi connectivity index (χ1) is 11.0. The molecule has 3 rings (SSSR count). The molecule has 1 N–H and O–H groups in total. The van der Waals surface area contributed by atoms with Gasteiger partial charge in [0.25, 0.3) is 0 Å². The first kappa shape index (κ1) is 15.4. The summed E-state index contributed by atoms with van der Waals surface area (Å²) in [7, 11) is 3.03. The largest absolute Gasteiger partial charge is 0.550 e. The van der Waals surface area contributed by atoms with E-state index in [1.165, 1.54) is 14.2 Å². The summed E-state index contributed by atoms with van der Waals surface area (Å²) in [6, 6.07) is 5.05. The van der Waals surface area contributed by atoms with E-state index in [0.29, 0.717) is 23.6 Å². The molecule has 2 aliphatic rings. The Hall–Kier alpha value is -2.50. The zero-order chi connectivity index (χ0) is 16.6. The molecule has 0 aromatic heterocycles. The molecule has 0 heterocycles. The second-order valence-electron chi connectivity index (χ2n) is 5.87. The molecule has 6 nitrogen and oxygen atoms in total. The quantitative estimate of drug-likeness (QED) is 0.813. The molecule has 2 aliphatic carbocycles. The third-order valence-corrected chi connectivity index (χ3v) is 4.70. The van der Waals surface area contributed by atoms with E-state index in [-0.39, 0.29) is 17.7 Å². The normalized spacial score (nSPS) is 27.7. The highest BCUT2D eigenvalue weighted by Gasteiger charge is 2.48. The summed E-state index contributed by atoms with van der Waals surface area (Å²) in [6.45, 7) is 0. The fourth-order valence-electron chi connectivity index (χ4n) is 3.63. The molecule has 1 aromatic carbocycles. The van der Waals surface area contributed by atoms with Crippen LogP contribution in [0.5, 0.6) is 11.5 Å². The van der Waals surface area contributed by atoms with E-state index < -0.39 is 17.8 Å². The van der Waals surface area contributed by atoms with Gasteiger partial charge in [0, 0.05) is 18.0 Å². The summed E-state index contributed by atoms with van der Waals surface area (Å²) < 4.78 is 10.4. The van der Waals surface area contributed by atoms with Crippen LogP contribution in [0.3, 0.4) is 0 Å². The predicted octanol–water partition coefficient (Wildman–Crippen LogP) is 0.830. The van der Waals surface area contributed by atoms with Crippen molar-refractivity contribution in [3.63, 3.8) is 0 Å². The van der Waals surface area contributed by atoms with Gasteiger partial charge in [-0.05, 0) is 30.4 Å². The number of fused-ring (bicyclic) bond motifs is 2. The Kier molecular flexibility index (Phi) is 3.98. The first-order valence-electron chi connectivity index (χ1n) is 7.47. The number of nitrogens with one attached hydrogen (secondary N) is 1. The lowest BCUT2D eigenvalue weighted by Gasteiger charge is -2.28. The van der Waals surface area contributed by atoms with E-state index in [9.17, 15) is 14.7 Å². The third kappa shape index (κ3) is 2.65. The van der Waals surface area contributed by atoms with Crippen molar-refractivity contribution in [3.05, 3.63) is 30.4 Å². The fourth-order valence-corrected chi connectivity index (χ4v) is 3.63. The first-order valence-corrected chi connectivity index (χ1v) is 7.47. The number of carboxylic acid groups (broad SMARTS) is 1. The van der Waals surface area contributed by atoms with Gasteiger partial charge in [-0.25, -0.2) is 0 Å². The number of amides is 1. The molecule has 4 atom stereocenters. The molecule has 1 saturated carbocycles. The summed E-state index contributed by atoms with van der Waals surface area (Å²) in [5, 5.41) is 14.2. The fraction of sp³-hybridized carbons (Fsp3) is 0.412. The topological polar surface area (TPSA) is 87.7 Å². The Morgan fingerprint density at radius 3 is 2.43 bits per heavy atom. The smallest absolute Gasteiger partial charge is 0.228 e. The Morgan fingerprint density at radius 1 is 1.13 bits per heavy atom. The molecular weight excluding hydrogens is 298 g/mol. The van der Waals surface area contributed by atoms with Gasteiger partial charge in [-0.15, -0.1) is 0 Å². The lowest BCUT2D eigenvalue weighted by molar-refractivity contribution is -0.313. The van der Waals surface area contributed by atoms with Crippen molar-refractivity contribution in [2.24, 2.45) is 23.7 Å². The number of carboxylic acids is 1. The standard InChI is InChI=1S/C17H19NO5/c1-22-11-5-6-13(23-2)12(8-11)18-16(19)14-9-3-4-10(7-9)15(14)17(20)21/h3-6,8-10,14-15H,7H2,1-2H3,(H,18,19)(H,20,21)/p-1.